The molecule has 0 saturated carbocycles. The number of aromatic nitrogens is 4. The third kappa shape index (κ3) is 1.99. The molecule has 3 rings (SSSR count). The van der Waals surface area contributed by atoms with Gasteiger partial charge in [0.05, 0.1) is 27.1 Å². The molecule has 4 nitrogen and oxygen atoms in total. The average molecular weight is 304 g/mol. The fourth-order valence-corrected chi connectivity index (χ4v) is 3.87. The van der Waals surface area contributed by atoms with E-state index >= 15 is 0 Å². The van der Waals surface area contributed by atoms with E-state index in [-0.39, 0.29) is 6.04 Å². The smallest absolute Gasteiger partial charge is 0.179 e. The SMILES string of the molecule is Cc1nc(C)c(C(C)n2c(=S)[nH]c3c(C)ccnc32)s1. The van der Waals surface area contributed by atoms with Gasteiger partial charge in [0.1, 0.15) is 0 Å². The number of pyridine rings is 1. The van der Waals surface area contributed by atoms with Crippen LogP contribution >= 0.6 is 23.6 Å². The van der Waals surface area contributed by atoms with Gasteiger partial charge in [0.15, 0.2) is 10.4 Å². The van der Waals surface area contributed by atoms with Crippen molar-refractivity contribution in [3.63, 3.8) is 0 Å². The van der Waals surface area contributed by atoms with Gasteiger partial charge in [0.2, 0.25) is 0 Å². The van der Waals surface area contributed by atoms with Crippen molar-refractivity contribution >= 4 is 34.7 Å². The van der Waals surface area contributed by atoms with Crippen LogP contribution in [0.1, 0.15) is 34.1 Å². The summed E-state index contributed by atoms with van der Waals surface area (Å²) in [6.07, 6.45) is 1.83. The fourth-order valence-electron chi connectivity index (χ4n) is 2.56. The minimum atomic E-state index is 0.136. The molecule has 3 aromatic heterocycles. The molecule has 1 unspecified atom stereocenters. The molecule has 0 bridgehead atoms. The summed E-state index contributed by atoms with van der Waals surface area (Å²) in [5.41, 5.74) is 4.16. The first-order valence-electron chi connectivity index (χ1n) is 6.48. The standard InChI is InChI=1S/C14H16N4S2/c1-7-5-6-15-13-11(7)17-14(19)18(13)9(3)12-8(2)16-10(4)20-12/h5-6,9H,1-4H3,(H,17,19). The van der Waals surface area contributed by atoms with E-state index in [1.807, 2.05) is 26.1 Å². The lowest BCUT2D eigenvalue weighted by Gasteiger charge is -2.13. The van der Waals surface area contributed by atoms with Crippen LogP contribution in [0.15, 0.2) is 12.3 Å². The molecular formula is C14H16N4S2. The predicted molar refractivity (Wildman–Crippen MR) is 85.1 cm³/mol. The Hall–Kier alpha value is -1.53. The van der Waals surface area contributed by atoms with E-state index in [4.69, 9.17) is 12.2 Å². The number of thiazole rings is 1. The summed E-state index contributed by atoms with van der Waals surface area (Å²) < 4.78 is 2.79. The molecule has 0 aromatic carbocycles. The minimum Gasteiger partial charge on any atom is -0.329 e. The van der Waals surface area contributed by atoms with Gasteiger partial charge in [-0.1, -0.05) is 0 Å². The molecule has 0 aliphatic carbocycles. The molecule has 0 radical (unpaired) electrons. The monoisotopic (exact) mass is 304 g/mol. The molecule has 20 heavy (non-hydrogen) atoms. The first-order valence-corrected chi connectivity index (χ1v) is 7.71. The number of nitrogens with zero attached hydrogens (tertiary/aromatic N) is 3. The third-order valence-corrected chi connectivity index (χ3v) is 5.07. The lowest BCUT2D eigenvalue weighted by molar-refractivity contribution is 0.650. The minimum absolute atomic E-state index is 0.136. The average Bonchev–Trinajstić information content (AvgIpc) is 2.89. The van der Waals surface area contributed by atoms with Crippen LogP contribution in [0.4, 0.5) is 0 Å². The second-order valence-electron chi connectivity index (χ2n) is 4.99. The fraction of sp³-hybridized carbons (Fsp3) is 0.357. The predicted octanol–water partition coefficient (Wildman–Crippen LogP) is 4.08. The van der Waals surface area contributed by atoms with Crippen LogP contribution in [0, 0.1) is 25.5 Å². The molecule has 0 fully saturated rings. The first-order chi connectivity index (χ1) is 9.49. The zero-order valence-corrected chi connectivity index (χ0v) is 13.5. The number of nitrogens with one attached hydrogen (secondary N) is 1. The molecule has 1 atom stereocenters. The van der Waals surface area contributed by atoms with Crippen molar-refractivity contribution in [3.05, 3.63) is 38.2 Å². The number of rotatable bonds is 2. The van der Waals surface area contributed by atoms with Gasteiger partial charge in [-0.05, 0) is 51.5 Å². The zero-order valence-electron chi connectivity index (χ0n) is 11.9. The van der Waals surface area contributed by atoms with E-state index < -0.39 is 0 Å². The number of H-pyrrole nitrogens is 1. The van der Waals surface area contributed by atoms with Crippen LogP contribution < -0.4 is 0 Å². The van der Waals surface area contributed by atoms with Crippen molar-refractivity contribution in [2.45, 2.75) is 33.7 Å². The Bertz CT molecular complexity index is 841. The Morgan fingerprint density at radius 2 is 2.10 bits per heavy atom. The highest BCUT2D eigenvalue weighted by Gasteiger charge is 2.19. The number of hydrogen-bond donors (Lipinski definition) is 1. The van der Waals surface area contributed by atoms with Crippen molar-refractivity contribution in [2.75, 3.05) is 0 Å². The summed E-state index contributed by atoms with van der Waals surface area (Å²) in [5, 5.41) is 1.08. The van der Waals surface area contributed by atoms with Crippen LogP contribution in [0.5, 0.6) is 0 Å². The molecule has 1 N–H and O–H groups in total. The highest BCUT2D eigenvalue weighted by molar-refractivity contribution is 7.71. The van der Waals surface area contributed by atoms with Gasteiger partial charge in [0.25, 0.3) is 0 Å². The van der Waals surface area contributed by atoms with E-state index in [9.17, 15) is 0 Å². The van der Waals surface area contributed by atoms with E-state index in [0.29, 0.717) is 4.77 Å². The summed E-state index contributed by atoms with van der Waals surface area (Å²) in [6, 6.07) is 2.13. The highest BCUT2D eigenvalue weighted by atomic mass is 32.1. The molecular weight excluding hydrogens is 288 g/mol. The molecule has 104 valence electrons. The van der Waals surface area contributed by atoms with Crippen LogP contribution in [0.2, 0.25) is 0 Å². The lowest BCUT2D eigenvalue weighted by Crippen LogP contribution is -2.07. The molecule has 3 aromatic rings. The first kappa shape index (κ1) is 13.5. The van der Waals surface area contributed by atoms with Gasteiger partial charge < -0.3 is 4.98 Å². The maximum Gasteiger partial charge on any atom is 0.179 e. The lowest BCUT2D eigenvalue weighted by atomic mass is 10.2. The normalized spacial score (nSPS) is 13.0. The van der Waals surface area contributed by atoms with Gasteiger partial charge in [0, 0.05) is 6.20 Å². The van der Waals surface area contributed by atoms with Crippen LogP contribution in [0.25, 0.3) is 11.2 Å². The van der Waals surface area contributed by atoms with E-state index in [1.165, 1.54) is 4.88 Å². The summed E-state index contributed by atoms with van der Waals surface area (Å²) >= 11 is 7.21. The number of hydrogen-bond acceptors (Lipinski definition) is 4. The molecule has 0 amide bonds. The van der Waals surface area contributed by atoms with E-state index in [0.717, 1.165) is 27.4 Å². The molecule has 0 aliphatic heterocycles. The van der Waals surface area contributed by atoms with E-state index in [2.05, 4.69) is 33.4 Å². The van der Waals surface area contributed by atoms with Gasteiger partial charge in [-0.3, -0.25) is 4.57 Å². The van der Waals surface area contributed by atoms with Crippen molar-refractivity contribution in [1.29, 1.82) is 0 Å². The quantitative estimate of drug-likeness (QED) is 0.725. The molecule has 0 aliphatic rings. The second-order valence-corrected chi connectivity index (χ2v) is 6.61. The number of aromatic amines is 1. The van der Waals surface area contributed by atoms with Crippen molar-refractivity contribution in [1.82, 2.24) is 19.5 Å². The third-order valence-electron chi connectivity index (χ3n) is 3.52. The van der Waals surface area contributed by atoms with Crippen LogP contribution in [-0.2, 0) is 0 Å². The summed E-state index contributed by atoms with van der Waals surface area (Å²) in [5.74, 6) is 0. The van der Waals surface area contributed by atoms with Crippen molar-refractivity contribution < 1.29 is 0 Å². The Morgan fingerprint density at radius 1 is 1.35 bits per heavy atom. The van der Waals surface area contributed by atoms with Crippen molar-refractivity contribution in [3.8, 4) is 0 Å². The van der Waals surface area contributed by atoms with E-state index in [1.54, 1.807) is 11.3 Å². The molecule has 6 heteroatoms. The summed E-state index contributed by atoms with van der Waals surface area (Å²) in [7, 11) is 0. The van der Waals surface area contributed by atoms with Gasteiger partial charge in [-0.25, -0.2) is 9.97 Å². The van der Waals surface area contributed by atoms with Gasteiger partial charge >= 0.3 is 0 Å². The maximum atomic E-state index is 5.49. The number of fused-ring (bicyclic) bond motifs is 1. The van der Waals surface area contributed by atoms with Gasteiger partial charge in [-0.2, -0.15) is 0 Å². The Balaban J connectivity index is 2.24. The Morgan fingerprint density at radius 3 is 2.75 bits per heavy atom. The maximum absolute atomic E-state index is 5.49. The number of aryl methyl sites for hydroxylation is 3. The van der Waals surface area contributed by atoms with Crippen LogP contribution in [0.3, 0.4) is 0 Å². The Kier molecular flexibility index (Phi) is 3.22. The topological polar surface area (TPSA) is 46.5 Å². The zero-order chi connectivity index (χ0) is 14.4. The highest BCUT2D eigenvalue weighted by Crippen LogP contribution is 2.30. The number of imidazole rings is 1. The molecule has 3 heterocycles. The van der Waals surface area contributed by atoms with Crippen LogP contribution in [-0.4, -0.2) is 19.5 Å². The molecule has 0 saturated heterocycles. The van der Waals surface area contributed by atoms with Crippen molar-refractivity contribution in [2.24, 2.45) is 0 Å². The Labute approximate surface area is 126 Å². The second kappa shape index (κ2) is 4.79. The largest absolute Gasteiger partial charge is 0.329 e. The summed E-state index contributed by atoms with van der Waals surface area (Å²) in [4.78, 5) is 13.5. The van der Waals surface area contributed by atoms with Gasteiger partial charge in [-0.15, -0.1) is 11.3 Å². The summed E-state index contributed by atoms with van der Waals surface area (Å²) in [6.45, 7) is 8.29. The molecule has 0 spiro atoms.